The van der Waals surface area contributed by atoms with Crippen LogP contribution in [0.15, 0.2) is 42.5 Å². The summed E-state index contributed by atoms with van der Waals surface area (Å²) in [7, 11) is 0. The number of rotatable bonds is 1. The van der Waals surface area contributed by atoms with Gasteiger partial charge >= 0.3 is 6.18 Å². The number of alkyl halides is 3. The molecule has 0 unspecified atom stereocenters. The van der Waals surface area contributed by atoms with Crippen molar-refractivity contribution in [1.29, 1.82) is 0 Å². The predicted octanol–water partition coefficient (Wildman–Crippen LogP) is 4.46. The largest absolute Gasteiger partial charge is 0.416 e. The Bertz CT molecular complexity index is 1020. The van der Waals surface area contributed by atoms with Crippen LogP contribution in [0.2, 0.25) is 5.15 Å². The van der Waals surface area contributed by atoms with Gasteiger partial charge in [0, 0.05) is 10.9 Å². The van der Waals surface area contributed by atoms with Crippen molar-refractivity contribution in [2.45, 2.75) is 12.7 Å². The third kappa shape index (κ3) is 2.70. The molecule has 8 heteroatoms. The van der Waals surface area contributed by atoms with Gasteiger partial charge in [-0.15, -0.1) is 0 Å². The van der Waals surface area contributed by atoms with E-state index < -0.39 is 17.6 Å². The maximum atomic E-state index is 12.9. The van der Waals surface area contributed by atoms with Crippen molar-refractivity contribution in [3.05, 3.63) is 64.3 Å². The van der Waals surface area contributed by atoms with Gasteiger partial charge in [0.25, 0.3) is 5.91 Å². The molecule has 0 fully saturated rings. The lowest BCUT2D eigenvalue weighted by Crippen LogP contribution is -2.24. The number of halogens is 4. The van der Waals surface area contributed by atoms with Gasteiger partial charge in [-0.2, -0.15) is 13.2 Å². The molecule has 0 radical (unpaired) electrons. The average Bonchev–Trinajstić information content (AvgIpc) is 2.90. The number of hydrogen-bond donors (Lipinski definition) is 0. The monoisotopic (exact) mass is 363 g/mol. The maximum Gasteiger partial charge on any atom is 0.416 e. The molecule has 0 saturated heterocycles. The lowest BCUT2D eigenvalue weighted by molar-refractivity contribution is -0.137. The smallest absolute Gasteiger partial charge is 0.288 e. The molecule has 0 aliphatic carbocycles. The second kappa shape index (κ2) is 5.42. The molecule has 0 saturated carbocycles. The van der Waals surface area contributed by atoms with Crippen molar-refractivity contribution in [3.8, 4) is 0 Å². The molecule has 0 spiro atoms. The number of pyridine rings is 2. The van der Waals surface area contributed by atoms with Crippen LogP contribution in [-0.4, -0.2) is 15.9 Å². The van der Waals surface area contributed by atoms with Crippen LogP contribution in [0.4, 0.5) is 19.0 Å². The molecule has 4 nitrogen and oxygen atoms in total. The SMILES string of the molecule is O=C1c2ccc(C(F)(F)F)cc2CN1c1ccc2ccc(Cl)nc2n1. The van der Waals surface area contributed by atoms with Gasteiger partial charge in [0.15, 0.2) is 5.65 Å². The standard InChI is InChI=1S/C17H9ClF3N3O/c18-13-5-1-9-2-6-14(23-15(9)22-13)24-8-10-7-11(17(19,20)21)3-4-12(10)16(24)25/h1-7H,8H2. The first-order valence-corrected chi connectivity index (χ1v) is 7.66. The molecule has 0 N–H and O–H groups in total. The van der Waals surface area contributed by atoms with E-state index in [1.807, 2.05) is 0 Å². The lowest BCUT2D eigenvalue weighted by atomic mass is 10.1. The van der Waals surface area contributed by atoms with Gasteiger partial charge in [-0.05, 0) is 48.0 Å². The Kier molecular flexibility index (Phi) is 3.43. The molecule has 0 bridgehead atoms. The summed E-state index contributed by atoms with van der Waals surface area (Å²) in [5.74, 6) is -0.0744. The first-order valence-electron chi connectivity index (χ1n) is 7.28. The third-order valence-electron chi connectivity index (χ3n) is 4.02. The Balaban J connectivity index is 1.74. The minimum atomic E-state index is -4.45. The van der Waals surface area contributed by atoms with Gasteiger partial charge in [-0.1, -0.05) is 11.6 Å². The fraction of sp³-hybridized carbons (Fsp3) is 0.118. The third-order valence-corrected chi connectivity index (χ3v) is 4.23. The normalized spacial score (nSPS) is 14.2. The first kappa shape index (κ1) is 15.8. The fourth-order valence-electron chi connectivity index (χ4n) is 2.80. The average molecular weight is 364 g/mol. The number of carbonyl (C=O) groups excluding carboxylic acids is 1. The molecule has 25 heavy (non-hydrogen) atoms. The summed E-state index contributed by atoms with van der Waals surface area (Å²) in [6.07, 6.45) is -4.45. The topological polar surface area (TPSA) is 46.1 Å². The highest BCUT2D eigenvalue weighted by Gasteiger charge is 2.35. The van der Waals surface area contributed by atoms with Gasteiger partial charge in [0.05, 0.1) is 12.1 Å². The minimum absolute atomic E-state index is 0.0250. The van der Waals surface area contributed by atoms with Crippen LogP contribution in [0.3, 0.4) is 0 Å². The van der Waals surface area contributed by atoms with E-state index in [4.69, 9.17) is 11.6 Å². The Morgan fingerprint density at radius 3 is 2.56 bits per heavy atom. The predicted molar refractivity (Wildman–Crippen MR) is 86.5 cm³/mol. The van der Waals surface area contributed by atoms with Crippen LogP contribution >= 0.6 is 11.6 Å². The Labute approximate surface area is 144 Å². The number of aromatic nitrogens is 2. The molecule has 1 aromatic carbocycles. The van der Waals surface area contributed by atoms with E-state index in [1.165, 1.54) is 11.0 Å². The van der Waals surface area contributed by atoms with Crippen LogP contribution in [0.25, 0.3) is 11.0 Å². The van der Waals surface area contributed by atoms with Crippen molar-refractivity contribution in [2.24, 2.45) is 0 Å². The van der Waals surface area contributed by atoms with Crippen LogP contribution in [0, 0.1) is 0 Å². The van der Waals surface area contributed by atoms with Crippen molar-refractivity contribution in [1.82, 2.24) is 9.97 Å². The molecule has 1 aliphatic rings. The highest BCUT2D eigenvalue weighted by atomic mass is 35.5. The van der Waals surface area contributed by atoms with Crippen molar-refractivity contribution in [3.63, 3.8) is 0 Å². The van der Waals surface area contributed by atoms with E-state index in [2.05, 4.69) is 9.97 Å². The summed E-state index contributed by atoms with van der Waals surface area (Å²) in [6, 6.07) is 9.86. The molecule has 3 heterocycles. The summed E-state index contributed by atoms with van der Waals surface area (Å²) < 4.78 is 38.6. The highest BCUT2D eigenvalue weighted by molar-refractivity contribution is 6.29. The number of anilines is 1. The minimum Gasteiger partial charge on any atom is -0.288 e. The highest BCUT2D eigenvalue weighted by Crippen LogP contribution is 2.34. The lowest BCUT2D eigenvalue weighted by Gasteiger charge is -2.14. The molecule has 126 valence electrons. The molecule has 0 atom stereocenters. The number of nitrogens with zero attached hydrogens (tertiary/aromatic N) is 3. The van der Waals surface area contributed by atoms with E-state index in [9.17, 15) is 18.0 Å². The summed E-state index contributed by atoms with van der Waals surface area (Å²) in [4.78, 5) is 22.3. The molecule has 2 aromatic heterocycles. The van der Waals surface area contributed by atoms with Gasteiger partial charge < -0.3 is 0 Å². The molecule has 1 amide bonds. The number of carbonyl (C=O) groups is 1. The van der Waals surface area contributed by atoms with Crippen LogP contribution in [0.5, 0.6) is 0 Å². The summed E-state index contributed by atoms with van der Waals surface area (Å²) >= 11 is 5.85. The quantitative estimate of drug-likeness (QED) is 0.599. The second-order valence-corrected chi connectivity index (χ2v) is 6.00. The Morgan fingerprint density at radius 2 is 1.80 bits per heavy atom. The zero-order valence-corrected chi connectivity index (χ0v) is 13.3. The molecule has 4 rings (SSSR count). The van der Waals surface area contributed by atoms with Gasteiger partial charge in [0.2, 0.25) is 0 Å². The molecular weight excluding hydrogens is 355 g/mol. The van der Waals surface area contributed by atoms with Crippen LogP contribution in [0.1, 0.15) is 21.5 Å². The Hall–Kier alpha value is -2.67. The van der Waals surface area contributed by atoms with Crippen LogP contribution in [-0.2, 0) is 12.7 Å². The van der Waals surface area contributed by atoms with Crippen molar-refractivity contribution in [2.75, 3.05) is 4.90 Å². The van der Waals surface area contributed by atoms with Gasteiger partial charge in [0.1, 0.15) is 11.0 Å². The van der Waals surface area contributed by atoms with E-state index in [-0.39, 0.29) is 17.3 Å². The number of hydrogen-bond acceptors (Lipinski definition) is 3. The van der Waals surface area contributed by atoms with Gasteiger partial charge in [-0.3, -0.25) is 9.69 Å². The number of fused-ring (bicyclic) bond motifs is 2. The summed E-state index contributed by atoms with van der Waals surface area (Å²) in [5, 5.41) is 1.01. The van der Waals surface area contributed by atoms with E-state index in [0.717, 1.165) is 17.5 Å². The summed E-state index contributed by atoms with van der Waals surface area (Å²) in [6.45, 7) is 0.0250. The number of amides is 1. The van der Waals surface area contributed by atoms with Crippen molar-refractivity contribution >= 4 is 34.4 Å². The number of benzene rings is 1. The van der Waals surface area contributed by atoms with Gasteiger partial charge in [-0.25, -0.2) is 9.97 Å². The van der Waals surface area contributed by atoms with Crippen molar-refractivity contribution < 1.29 is 18.0 Å². The molecule has 3 aromatic rings. The zero-order chi connectivity index (χ0) is 17.8. The van der Waals surface area contributed by atoms with E-state index >= 15 is 0 Å². The Morgan fingerprint density at radius 1 is 1.04 bits per heavy atom. The fourth-order valence-corrected chi connectivity index (χ4v) is 2.94. The first-order chi connectivity index (χ1) is 11.8. The molecular formula is C17H9ClF3N3O. The summed E-state index contributed by atoms with van der Waals surface area (Å²) in [5.41, 5.74) is 0.153. The van der Waals surface area contributed by atoms with Crippen LogP contribution < -0.4 is 4.90 Å². The zero-order valence-electron chi connectivity index (χ0n) is 12.5. The van der Waals surface area contributed by atoms with E-state index in [1.54, 1.807) is 24.3 Å². The molecule has 1 aliphatic heterocycles. The maximum absolute atomic E-state index is 12.9. The second-order valence-electron chi connectivity index (χ2n) is 5.61. The van der Waals surface area contributed by atoms with E-state index in [0.29, 0.717) is 17.0 Å².